The molecule has 0 aliphatic carbocycles. The zero-order chi connectivity index (χ0) is 24.4. The maximum absolute atomic E-state index is 13.2. The predicted octanol–water partition coefficient (Wildman–Crippen LogP) is 4.11. The first-order chi connectivity index (χ1) is 16.4. The number of rotatable bonds is 12. The van der Waals surface area contributed by atoms with E-state index in [1.54, 1.807) is 12.1 Å². The van der Waals surface area contributed by atoms with Crippen molar-refractivity contribution in [2.75, 3.05) is 6.61 Å². The maximum atomic E-state index is 13.2. The van der Waals surface area contributed by atoms with Gasteiger partial charge in [-0.2, -0.15) is 4.72 Å². The van der Waals surface area contributed by atoms with E-state index in [-0.39, 0.29) is 23.3 Å². The highest BCUT2D eigenvalue weighted by molar-refractivity contribution is 7.89. The van der Waals surface area contributed by atoms with E-state index in [9.17, 15) is 13.2 Å². The molecule has 0 bridgehead atoms. The molecule has 0 aliphatic rings. The number of sulfonamides is 1. The van der Waals surface area contributed by atoms with Crippen LogP contribution in [0.25, 0.3) is 0 Å². The number of nitrogens with one attached hydrogen (secondary N) is 2. The molecule has 0 fully saturated rings. The molecule has 3 aromatic carbocycles. The van der Waals surface area contributed by atoms with E-state index >= 15 is 0 Å². The number of carbonyl (C=O) groups excluding carboxylic acids is 1. The molecule has 2 atom stereocenters. The lowest BCUT2D eigenvalue weighted by molar-refractivity contribution is -0.123. The summed E-state index contributed by atoms with van der Waals surface area (Å²) in [5, 5.41) is 2.98. The average Bonchev–Trinajstić information content (AvgIpc) is 2.84. The van der Waals surface area contributed by atoms with Crippen molar-refractivity contribution >= 4 is 15.9 Å². The van der Waals surface area contributed by atoms with E-state index < -0.39 is 16.1 Å². The minimum Gasteiger partial charge on any atom is -0.494 e. The molecule has 0 unspecified atom stereocenters. The van der Waals surface area contributed by atoms with Crippen LogP contribution in [0.15, 0.2) is 89.8 Å². The molecule has 0 heterocycles. The summed E-state index contributed by atoms with van der Waals surface area (Å²) < 4.78 is 34.1. The van der Waals surface area contributed by atoms with Gasteiger partial charge in [0.05, 0.1) is 11.5 Å². The molecule has 0 radical (unpaired) electrons. The molecule has 180 valence electrons. The summed E-state index contributed by atoms with van der Waals surface area (Å²) in [6, 6.07) is 24.6. The monoisotopic (exact) mass is 480 g/mol. The van der Waals surface area contributed by atoms with Crippen molar-refractivity contribution in [3.05, 3.63) is 96.1 Å². The second-order valence-corrected chi connectivity index (χ2v) is 9.92. The summed E-state index contributed by atoms with van der Waals surface area (Å²) in [4.78, 5) is 13.2. The minimum atomic E-state index is -3.91. The molecule has 7 heteroatoms. The van der Waals surface area contributed by atoms with Gasteiger partial charge >= 0.3 is 0 Å². The van der Waals surface area contributed by atoms with Gasteiger partial charge in [-0.15, -0.1) is 0 Å². The largest absolute Gasteiger partial charge is 0.494 e. The molecule has 6 nitrogen and oxygen atoms in total. The summed E-state index contributed by atoms with van der Waals surface area (Å²) in [5.41, 5.74) is 2.06. The minimum absolute atomic E-state index is 0.0824. The number of ether oxygens (including phenoxy) is 1. The van der Waals surface area contributed by atoms with Crippen molar-refractivity contribution in [2.45, 2.75) is 50.1 Å². The molecule has 34 heavy (non-hydrogen) atoms. The Bertz CT molecular complexity index is 1130. The van der Waals surface area contributed by atoms with Gasteiger partial charge in [-0.1, -0.05) is 60.7 Å². The van der Waals surface area contributed by atoms with E-state index in [0.29, 0.717) is 12.4 Å². The van der Waals surface area contributed by atoms with Crippen LogP contribution in [0, 0.1) is 0 Å². The lowest BCUT2D eigenvalue weighted by atomic mass is 10.0. The summed E-state index contributed by atoms with van der Waals surface area (Å²) in [6.07, 6.45) is 1.82. The number of aryl methyl sites for hydroxylation is 1. The first-order valence-corrected chi connectivity index (χ1v) is 13.0. The quantitative estimate of drug-likeness (QED) is 0.409. The Morgan fingerprint density at radius 1 is 0.882 bits per heavy atom. The van der Waals surface area contributed by atoms with Gasteiger partial charge in [0.15, 0.2) is 0 Å². The van der Waals surface area contributed by atoms with Gasteiger partial charge < -0.3 is 10.1 Å². The molecular weight excluding hydrogens is 448 g/mol. The third kappa shape index (κ3) is 7.71. The molecule has 3 aromatic rings. The van der Waals surface area contributed by atoms with Gasteiger partial charge in [-0.05, 0) is 68.5 Å². The van der Waals surface area contributed by atoms with Crippen molar-refractivity contribution < 1.29 is 17.9 Å². The van der Waals surface area contributed by atoms with Gasteiger partial charge in [-0.3, -0.25) is 4.79 Å². The zero-order valence-electron chi connectivity index (χ0n) is 19.6. The highest BCUT2D eigenvalue weighted by atomic mass is 32.2. The van der Waals surface area contributed by atoms with Gasteiger partial charge in [0.25, 0.3) is 0 Å². The fraction of sp³-hybridized carbons (Fsp3) is 0.296. The van der Waals surface area contributed by atoms with Crippen LogP contribution in [0.1, 0.15) is 31.4 Å². The second-order valence-electron chi connectivity index (χ2n) is 8.20. The van der Waals surface area contributed by atoms with Crippen molar-refractivity contribution in [2.24, 2.45) is 0 Å². The average molecular weight is 481 g/mol. The van der Waals surface area contributed by atoms with Crippen LogP contribution in [-0.4, -0.2) is 33.0 Å². The Balaban J connectivity index is 1.71. The molecule has 2 N–H and O–H groups in total. The molecule has 3 rings (SSSR count). The van der Waals surface area contributed by atoms with E-state index in [4.69, 9.17) is 4.74 Å². The SMILES string of the molecule is CCOc1ccc(S(=O)(=O)N[C@H](Cc2ccccc2)C(=O)N[C@H](C)CCc2ccccc2)cc1. The molecule has 0 aliphatic heterocycles. The van der Waals surface area contributed by atoms with Crippen LogP contribution >= 0.6 is 0 Å². The smallest absolute Gasteiger partial charge is 0.241 e. The molecular formula is C27H32N2O4S. The van der Waals surface area contributed by atoms with Gasteiger partial charge in [0.2, 0.25) is 15.9 Å². The third-order valence-corrected chi connectivity index (χ3v) is 6.93. The van der Waals surface area contributed by atoms with Crippen LogP contribution in [0.5, 0.6) is 5.75 Å². The number of hydrogen-bond donors (Lipinski definition) is 2. The molecule has 0 saturated carbocycles. The predicted molar refractivity (Wildman–Crippen MR) is 134 cm³/mol. The Kier molecular flexibility index (Phi) is 9.24. The Labute approximate surface area is 202 Å². The molecule has 1 amide bonds. The molecule has 0 saturated heterocycles. The number of amides is 1. The summed E-state index contributed by atoms with van der Waals surface area (Å²) in [7, 11) is -3.91. The van der Waals surface area contributed by atoms with Crippen molar-refractivity contribution in [3.8, 4) is 5.75 Å². The van der Waals surface area contributed by atoms with Gasteiger partial charge in [-0.25, -0.2) is 8.42 Å². The van der Waals surface area contributed by atoms with E-state index in [0.717, 1.165) is 18.4 Å². The maximum Gasteiger partial charge on any atom is 0.241 e. The topological polar surface area (TPSA) is 84.5 Å². The van der Waals surface area contributed by atoms with Crippen molar-refractivity contribution in [3.63, 3.8) is 0 Å². The Morgan fingerprint density at radius 2 is 1.47 bits per heavy atom. The Morgan fingerprint density at radius 3 is 2.06 bits per heavy atom. The molecule has 0 aromatic heterocycles. The number of hydrogen-bond acceptors (Lipinski definition) is 4. The van der Waals surface area contributed by atoms with Crippen molar-refractivity contribution in [1.82, 2.24) is 10.0 Å². The van der Waals surface area contributed by atoms with Crippen LogP contribution in [0.4, 0.5) is 0 Å². The zero-order valence-corrected chi connectivity index (χ0v) is 20.4. The van der Waals surface area contributed by atoms with Crippen LogP contribution < -0.4 is 14.8 Å². The first kappa shape index (κ1) is 25.5. The number of benzene rings is 3. The summed E-state index contributed by atoms with van der Waals surface area (Å²) in [5.74, 6) is 0.242. The normalized spacial score (nSPS) is 13.1. The van der Waals surface area contributed by atoms with Gasteiger partial charge in [0.1, 0.15) is 11.8 Å². The summed E-state index contributed by atoms with van der Waals surface area (Å²) >= 11 is 0. The molecule has 0 spiro atoms. The lowest BCUT2D eigenvalue weighted by Crippen LogP contribution is -2.50. The van der Waals surface area contributed by atoms with E-state index in [1.807, 2.05) is 62.4 Å². The standard InChI is InChI=1S/C27H32N2O4S/c1-3-33-24-16-18-25(19-17-24)34(31,32)29-26(20-23-12-8-5-9-13-23)27(30)28-21(2)14-15-22-10-6-4-7-11-22/h4-13,16-19,21,26,29H,3,14-15,20H2,1-2H3,(H,28,30)/t21-,26-/m1/s1. The van der Waals surface area contributed by atoms with E-state index in [2.05, 4.69) is 22.2 Å². The first-order valence-electron chi connectivity index (χ1n) is 11.5. The fourth-order valence-electron chi connectivity index (χ4n) is 3.62. The summed E-state index contributed by atoms with van der Waals surface area (Å²) in [6.45, 7) is 4.29. The Hall–Kier alpha value is -3.16. The van der Waals surface area contributed by atoms with Gasteiger partial charge in [0, 0.05) is 6.04 Å². The lowest BCUT2D eigenvalue weighted by Gasteiger charge is -2.22. The third-order valence-electron chi connectivity index (χ3n) is 5.44. The van der Waals surface area contributed by atoms with Crippen LogP contribution in [0.2, 0.25) is 0 Å². The van der Waals surface area contributed by atoms with E-state index in [1.165, 1.54) is 17.7 Å². The second kappa shape index (κ2) is 12.3. The van der Waals surface area contributed by atoms with Crippen LogP contribution in [-0.2, 0) is 27.7 Å². The van der Waals surface area contributed by atoms with Crippen molar-refractivity contribution in [1.29, 1.82) is 0 Å². The van der Waals surface area contributed by atoms with Crippen LogP contribution in [0.3, 0.4) is 0 Å². The number of carbonyl (C=O) groups is 1. The fourth-order valence-corrected chi connectivity index (χ4v) is 4.81. The highest BCUT2D eigenvalue weighted by Gasteiger charge is 2.27. The highest BCUT2D eigenvalue weighted by Crippen LogP contribution is 2.17.